The molecule has 3 atom stereocenters. The van der Waals surface area contributed by atoms with E-state index < -0.39 is 35.5 Å². The molecule has 1 unspecified atom stereocenters. The summed E-state index contributed by atoms with van der Waals surface area (Å²) in [6.45, 7) is 3.88. The smallest absolute Gasteiger partial charge is 0.387 e. The molecule has 1 saturated carbocycles. The van der Waals surface area contributed by atoms with Gasteiger partial charge in [0.1, 0.15) is 23.5 Å². The van der Waals surface area contributed by atoms with E-state index in [0.717, 1.165) is 24.5 Å². The number of halogens is 4. The molecule has 0 bridgehead atoms. The number of ether oxygens (including phenoxy) is 2. The van der Waals surface area contributed by atoms with Crippen LogP contribution in [0.5, 0.6) is 11.5 Å². The molecule has 0 saturated heterocycles. The Kier molecular flexibility index (Phi) is 7.94. The topological polar surface area (TPSA) is 116 Å². The molecule has 0 spiro atoms. The molecule has 242 valence electrons. The average Bonchev–Trinajstić information content (AvgIpc) is 3.78. The highest BCUT2D eigenvalue weighted by Gasteiger charge is 2.45. The van der Waals surface area contributed by atoms with Gasteiger partial charge in [0.2, 0.25) is 5.91 Å². The first-order chi connectivity index (χ1) is 21.8. The lowest BCUT2D eigenvalue weighted by molar-refractivity contribution is -0.123. The highest BCUT2D eigenvalue weighted by Crippen LogP contribution is 2.49. The fourth-order valence-corrected chi connectivity index (χ4v) is 6.13. The lowest BCUT2D eigenvalue weighted by Crippen LogP contribution is -2.40. The summed E-state index contributed by atoms with van der Waals surface area (Å²) in [6, 6.07) is 6.97. The lowest BCUT2D eigenvalue weighted by atomic mass is 9.82. The Morgan fingerprint density at radius 2 is 1.93 bits per heavy atom. The minimum atomic E-state index is -3.08. The van der Waals surface area contributed by atoms with Gasteiger partial charge in [-0.05, 0) is 82.3 Å². The summed E-state index contributed by atoms with van der Waals surface area (Å²) < 4.78 is 66.1. The third-order valence-electron chi connectivity index (χ3n) is 9.32. The highest BCUT2D eigenvalue weighted by molar-refractivity contribution is 5.97. The Morgan fingerprint density at radius 1 is 1.20 bits per heavy atom. The number of carbonyl (C=O) groups excluding carboxylic acids is 2. The number of primary amides is 1. The van der Waals surface area contributed by atoms with E-state index >= 15 is 0 Å². The van der Waals surface area contributed by atoms with E-state index in [0.29, 0.717) is 28.1 Å². The molecule has 0 radical (unpaired) electrons. The van der Waals surface area contributed by atoms with Gasteiger partial charge in [0.05, 0.1) is 5.69 Å². The molecule has 1 fully saturated rings. The monoisotopic (exact) mass is 638 g/mol. The quantitative estimate of drug-likeness (QED) is 0.240. The summed E-state index contributed by atoms with van der Waals surface area (Å²) in [7, 11) is 0. The number of nitrogens with zero attached hydrogens (tertiary/aromatic N) is 1. The largest absolute Gasteiger partial charge is 0.489 e. The van der Waals surface area contributed by atoms with Crippen LogP contribution in [0.4, 0.5) is 23.2 Å². The predicted molar refractivity (Wildman–Crippen MR) is 164 cm³/mol. The standard InChI is InChI=1S/C34H34F4N4O4/c1-15-9-19-10-20(11-26(46-33(37)38)28(19)41-17(15)3)31(43)40-13-22(18-5-6-18)25-12-23-30(45-14-34(23,4)32(39)44)29(42-25)21-7-8-24(35)27(36)16(21)2/h7-12,17-18,22,33,41H,5-6,13-14H2,1-4H3,(H2,39,44)(H,40,43)/t17?,22-,34-/m0/s1. The zero-order valence-electron chi connectivity index (χ0n) is 25.8. The summed E-state index contributed by atoms with van der Waals surface area (Å²) in [5.41, 5.74) is 8.23. The van der Waals surface area contributed by atoms with E-state index in [-0.39, 0.29) is 59.3 Å². The number of fused-ring (bicyclic) bond motifs is 2. The van der Waals surface area contributed by atoms with Crippen LogP contribution in [0.3, 0.4) is 0 Å². The van der Waals surface area contributed by atoms with Crippen molar-refractivity contribution < 1.29 is 36.6 Å². The van der Waals surface area contributed by atoms with Crippen LogP contribution in [0, 0.1) is 24.5 Å². The van der Waals surface area contributed by atoms with Crippen molar-refractivity contribution in [2.24, 2.45) is 11.7 Å². The second kappa shape index (κ2) is 11.6. The van der Waals surface area contributed by atoms with Gasteiger partial charge in [-0.25, -0.2) is 13.8 Å². The number of hydrogen-bond donors (Lipinski definition) is 3. The molecule has 6 rings (SSSR count). The van der Waals surface area contributed by atoms with Crippen molar-refractivity contribution in [3.63, 3.8) is 0 Å². The number of amides is 2. The van der Waals surface area contributed by atoms with E-state index in [9.17, 15) is 27.2 Å². The van der Waals surface area contributed by atoms with Crippen molar-refractivity contribution >= 4 is 23.6 Å². The van der Waals surface area contributed by atoms with Gasteiger partial charge in [-0.15, -0.1) is 0 Å². The molecule has 2 aliphatic heterocycles. The van der Waals surface area contributed by atoms with Crippen molar-refractivity contribution in [1.29, 1.82) is 0 Å². The summed E-state index contributed by atoms with van der Waals surface area (Å²) in [6.07, 6.45) is 3.55. The van der Waals surface area contributed by atoms with Crippen molar-refractivity contribution in [3.05, 3.63) is 75.5 Å². The number of anilines is 1. The Labute approximate surface area is 263 Å². The van der Waals surface area contributed by atoms with Crippen LogP contribution in [-0.2, 0) is 10.2 Å². The molecule has 2 amide bonds. The molecule has 3 heterocycles. The zero-order valence-corrected chi connectivity index (χ0v) is 25.8. The van der Waals surface area contributed by atoms with Crippen molar-refractivity contribution in [1.82, 2.24) is 10.3 Å². The van der Waals surface area contributed by atoms with Crippen LogP contribution in [0.15, 0.2) is 35.9 Å². The molecule has 8 nitrogen and oxygen atoms in total. The molecule has 46 heavy (non-hydrogen) atoms. The van der Waals surface area contributed by atoms with Gasteiger partial charge in [0.15, 0.2) is 17.4 Å². The first kappa shape index (κ1) is 31.4. The first-order valence-corrected chi connectivity index (χ1v) is 15.1. The second-order valence-electron chi connectivity index (χ2n) is 12.5. The molecular weight excluding hydrogens is 604 g/mol. The predicted octanol–water partition coefficient (Wildman–Crippen LogP) is 6.21. The molecule has 2 aromatic carbocycles. The Balaban J connectivity index is 1.37. The van der Waals surface area contributed by atoms with Crippen LogP contribution >= 0.6 is 0 Å². The van der Waals surface area contributed by atoms with Gasteiger partial charge in [-0.1, -0.05) is 11.6 Å². The molecule has 1 aromatic heterocycles. The highest BCUT2D eigenvalue weighted by atomic mass is 19.3. The summed E-state index contributed by atoms with van der Waals surface area (Å²) in [4.78, 5) is 31.0. The van der Waals surface area contributed by atoms with Gasteiger partial charge in [0.25, 0.3) is 5.91 Å². The number of alkyl halides is 2. The van der Waals surface area contributed by atoms with E-state index in [1.54, 1.807) is 19.1 Å². The number of benzene rings is 2. The number of aromatic nitrogens is 1. The average molecular weight is 639 g/mol. The van der Waals surface area contributed by atoms with Crippen molar-refractivity contribution in [3.8, 4) is 22.8 Å². The normalized spacial score (nSPS) is 20.6. The molecule has 3 aromatic rings. The van der Waals surface area contributed by atoms with Crippen LogP contribution in [0.1, 0.15) is 72.3 Å². The van der Waals surface area contributed by atoms with E-state index in [1.165, 1.54) is 19.1 Å². The van der Waals surface area contributed by atoms with Crippen molar-refractivity contribution in [2.75, 3.05) is 18.5 Å². The van der Waals surface area contributed by atoms with Crippen LogP contribution in [-0.4, -0.2) is 42.6 Å². The van der Waals surface area contributed by atoms with E-state index in [4.69, 9.17) is 20.2 Å². The zero-order chi connectivity index (χ0) is 33.1. The number of rotatable bonds is 9. The minimum absolute atomic E-state index is 0.0294. The Hall–Kier alpha value is -4.61. The maximum absolute atomic E-state index is 14.7. The van der Waals surface area contributed by atoms with Gasteiger partial charge in [-0.3, -0.25) is 9.59 Å². The number of nitrogens with one attached hydrogen (secondary N) is 2. The molecule has 3 aliphatic rings. The first-order valence-electron chi connectivity index (χ1n) is 15.1. The van der Waals surface area contributed by atoms with Crippen LogP contribution in [0.2, 0.25) is 0 Å². The second-order valence-corrected chi connectivity index (χ2v) is 12.5. The number of pyridine rings is 1. The summed E-state index contributed by atoms with van der Waals surface area (Å²) in [5, 5.41) is 6.08. The van der Waals surface area contributed by atoms with Crippen molar-refractivity contribution in [2.45, 2.75) is 64.5 Å². The van der Waals surface area contributed by atoms with Gasteiger partial charge in [0, 0.05) is 46.5 Å². The molecule has 1 aliphatic carbocycles. The van der Waals surface area contributed by atoms with Gasteiger partial charge < -0.3 is 25.8 Å². The SMILES string of the molecule is CC1=Cc2cc(C(=O)NC[C@H](c3cc4c(c(-c5ccc(F)c(F)c5C)n3)OC[C@]4(C)C(N)=O)C3CC3)cc(OC(F)F)c2NC1C. The fraction of sp³-hybridized carbons (Fsp3) is 0.382. The lowest BCUT2D eigenvalue weighted by Gasteiger charge is -2.26. The Bertz CT molecular complexity index is 1790. The fourth-order valence-electron chi connectivity index (χ4n) is 6.13. The molecule has 12 heteroatoms. The Morgan fingerprint density at radius 3 is 2.61 bits per heavy atom. The summed E-state index contributed by atoms with van der Waals surface area (Å²) >= 11 is 0. The van der Waals surface area contributed by atoms with Crippen LogP contribution < -0.4 is 25.8 Å². The maximum Gasteiger partial charge on any atom is 0.387 e. The molecular formula is C34H34F4N4O4. The van der Waals surface area contributed by atoms with E-state index in [2.05, 4.69) is 10.6 Å². The third-order valence-corrected chi connectivity index (χ3v) is 9.32. The third kappa shape index (κ3) is 5.54. The summed E-state index contributed by atoms with van der Waals surface area (Å²) in [5.74, 6) is -3.18. The molecule has 4 N–H and O–H groups in total. The van der Waals surface area contributed by atoms with Gasteiger partial charge in [-0.2, -0.15) is 8.78 Å². The van der Waals surface area contributed by atoms with Crippen LogP contribution in [0.25, 0.3) is 17.3 Å². The maximum atomic E-state index is 14.7. The number of nitrogens with two attached hydrogens (primary N) is 1. The van der Waals surface area contributed by atoms with Gasteiger partial charge >= 0.3 is 6.61 Å². The minimum Gasteiger partial charge on any atom is -0.489 e. The number of carbonyl (C=O) groups is 2. The van der Waals surface area contributed by atoms with E-state index in [1.807, 2.05) is 19.9 Å². The number of hydrogen-bond acceptors (Lipinski definition) is 6.